The molecule has 10 N–H and O–H groups in total. The predicted molar refractivity (Wildman–Crippen MR) is 124 cm³/mol. The first-order valence-corrected chi connectivity index (χ1v) is 10.9. The van der Waals surface area contributed by atoms with Gasteiger partial charge in [-0.05, 0) is 30.5 Å². The van der Waals surface area contributed by atoms with Gasteiger partial charge in [0.15, 0.2) is 0 Å². The van der Waals surface area contributed by atoms with E-state index in [1.54, 1.807) is 13.8 Å². The van der Waals surface area contributed by atoms with Crippen LogP contribution >= 0.6 is 0 Å². The molecule has 0 aromatic heterocycles. The molecular formula is C22H33N5O8. The average molecular weight is 496 g/mol. The van der Waals surface area contributed by atoms with Crippen LogP contribution in [0.3, 0.4) is 0 Å². The van der Waals surface area contributed by atoms with Gasteiger partial charge >= 0.3 is 5.97 Å². The molecule has 194 valence electrons. The number of hydrogen-bond acceptors (Lipinski definition) is 8. The highest BCUT2D eigenvalue weighted by Gasteiger charge is 2.33. The Hall–Kier alpha value is -3.71. The minimum atomic E-state index is -1.62. The molecule has 0 aliphatic heterocycles. The number of aliphatic hydroxyl groups excluding tert-OH is 1. The molecule has 13 nitrogen and oxygen atoms in total. The van der Waals surface area contributed by atoms with Gasteiger partial charge in [-0.15, -0.1) is 0 Å². The summed E-state index contributed by atoms with van der Waals surface area (Å²) in [6.45, 7) is 4.55. The molecule has 0 spiro atoms. The van der Waals surface area contributed by atoms with E-state index in [0.29, 0.717) is 5.56 Å². The van der Waals surface area contributed by atoms with Crippen LogP contribution in [0.1, 0.15) is 32.8 Å². The number of carboxylic acid groups (broad SMARTS) is 1. The molecule has 1 aromatic carbocycles. The summed E-state index contributed by atoms with van der Waals surface area (Å²) in [6, 6.07) is 0.164. The molecule has 0 fully saturated rings. The fourth-order valence-corrected chi connectivity index (χ4v) is 2.97. The van der Waals surface area contributed by atoms with E-state index in [1.807, 2.05) is 0 Å². The van der Waals surface area contributed by atoms with E-state index in [2.05, 4.69) is 16.0 Å². The van der Waals surface area contributed by atoms with Crippen molar-refractivity contribution in [2.45, 2.75) is 63.9 Å². The topological polar surface area (TPSA) is 234 Å². The Morgan fingerprint density at radius 1 is 0.886 bits per heavy atom. The average Bonchev–Trinajstić information content (AvgIpc) is 2.76. The Bertz CT molecular complexity index is 919. The lowest BCUT2D eigenvalue weighted by atomic mass is 10.0. The number of carbonyl (C=O) groups excluding carboxylic acids is 4. The van der Waals surface area contributed by atoms with Gasteiger partial charge in [-0.2, -0.15) is 0 Å². The predicted octanol–water partition coefficient (Wildman–Crippen LogP) is -2.29. The monoisotopic (exact) mass is 495 g/mol. The third-order valence-electron chi connectivity index (χ3n) is 5.11. The van der Waals surface area contributed by atoms with E-state index in [0.717, 1.165) is 0 Å². The van der Waals surface area contributed by atoms with Gasteiger partial charge in [-0.1, -0.05) is 26.0 Å². The lowest BCUT2D eigenvalue weighted by Gasteiger charge is -2.26. The van der Waals surface area contributed by atoms with Gasteiger partial charge in [0, 0.05) is 6.42 Å². The summed E-state index contributed by atoms with van der Waals surface area (Å²) < 4.78 is 0. The Kier molecular flexibility index (Phi) is 11.1. The van der Waals surface area contributed by atoms with Gasteiger partial charge in [0.25, 0.3) is 0 Å². The maximum Gasteiger partial charge on any atom is 0.326 e. The summed E-state index contributed by atoms with van der Waals surface area (Å²) in [5.74, 6) is -5.31. The van der Waals surface area contributed by atoms with E-state index in [-0.39, 0.29) is 18.1 Å². The maximum absolute atomic E-state index is 12.8. The van der Waals surface area contributed by atoms with Crippen molar-refractivity contribution in [3.63, 3.8) is 0 Å². The number of nitrogens with two attached hydrogens (primary N) is 2. The number of hydrogen-bond donors (Lipinski definition) is 8. The van der Waals surface area contributed by atoms with Crippen molar-refractivity contribution in [1.29, 1.82) is 0 Å². The second kappa shape index (κ2) is 13.2. The SMILES string of the molecule is CC(C)C(N)C(=O)NC(CC(N)=O)C(=O)NC(C(=O)NC(Cc1ccc(O)cc1)C(=O)O)C(C)O. The summed E-state index contributed by atoms with van der Waals surface area (Å²) in [7, 11) is 0. The number of carbonyl (C=O) groups is 5. The molecule has 5 atom stereocenters. The first-order valence-electron chi connectivity index (χ1n) is 10.9. The highest BCUT2D eigenvalue weighted by molar-refractivity contribution is 5.96. The summed E-state index contributed by atoms with van der Waals surface area (Å²) >= 11 is 0. The van der Waals surface area contributed by atoms with Crippen LogP contribution in [0.2, 0.25) is 0 Å². The number of aromatic hydroxyl groups is 1. The Balaban J connectivity index is 2.99. The van der Waals surface area contributed by atoms with Crippen LogP contribution in [0.25, 0.3) is 0 Å². The van der Waals surface area contributed by atoms with Crippen LogP contribution < -0.4 is 27.4 Å². The van der Waals surface area contributed by atoms with E-state index in [9.17, 15) is 39.3 Å². The van der Waals surface area contributed by atoms with Crippen molar-refractivity contribution in [2.75, 3.05) is 0 Å². The van der Waals surface area contributed by atoms with Gasteiger partial charge in [-0.3, -0.25) is 19.2 Å². The van der Waals surface area contributed by atoms with Crippen LogP contribution in [0.4, 0.5) is 0 Å². The van der Waals surface area contributed by atoms with Crippen LogP contribution in [0.5, 0.6) is 5.75 Å². The number of phenols is 1. The van der Waals surface area contributed by atoms with Gasteiger partial charge in [0.2, 0.25) is 23.6 Å². The van der Waals surface area contributed by atoms with Gasteiger partial charge in [0.05, 0.1) is 18.6 Å². The van der Waals surface area contributed by atoms with Crippen molar-refractivity contribution in [3.8, 4) is 5.75 Å². The highest BCUT2D eigenvalue weighted by Crippen LogP contribution is 2.12. The van der Waals surface area contributed by atoms with Crippen molar-refractivity contribution < 1.29 is 39.3 Å². The second-order valence-electron chi connectivity index (χ2n) is 8.50. The Labute approximate surface area is 202 Å². The molecule has 13 heteroatoms. The maximum atomic E-state index is 12.8. The number of benzene rings is 1. The molecule has 4 amide bonds. The van der Waals surface area contributed by atoms with Gasteiger partial charge in [0.1, 0.15) is 23.9 Å². The molecule has 0 saturated carbocycles. The zero-order chi connectivity index (χ0) is 26.9. The summed E-state index contributed by atoms with van der Waals surface area (Å²) in [6.07, 6.45) is -2.21. The Morgan fingerprint density at radius 2 is 1.43 bits per heavy atom. The van der Waals surface area contributed by atoms with Crippen molar-refractivity contribution in [1.82, 2.24) is 16.0 Å². The van der Waals surface area contributed by atoms with Crippen LogP contribution in [0.15, 0.2) is 24.3 Å². The first kappa shape index (κ1) is 29.3. The summed E-state index contributed by atoms with van der Waals surface area (Å²) in [4.78, 5) is 60.9. The lowest BCUT2D eigenvalue weighted by Crippen LogP contribution is -2.60. The molecule has 1 rings (SSSR count). The second-order valence-corrected chi connectivity index (χ2v) is 8.50. The summed E-state index contributed by atoms with van der Waals surface area (Å²) in [5, 5.41) is 35.7. The number of carboxylic acids is 1. The van der Waals surface area contributed by atoms with Gasteiger partial charge in [-0.25, -0.2) is 4.79 Å². The number of aliphatic hydroxyl groups is 1. The zero-order valence-electron chi connectivity index (χ0n) is 19.7. The number of rotatable bonds is 13. The lowest BCUT2D eigenvalue weighted by molar-refractivity contribution is -0.143. The number of nitrogens with one attached hydrogen (secondary N) is 3. The Morgan fingerprint density at radius 3 is 1.89 bits per heavy atom. The fourth-order valence-electron chi connectivity index (χ4n) is 2.97. The van der Waals surface area contributed by atoms with E-state index in [1.165, 1.54) is 31.2 Å². The standard InChI is InChI=1S/C22H33N5O8/c1-10(2)17(24)20(32)25-14(9-16(23)30)19(31)27-18(11(3)28)21(33)26-15(22(34)35)8-12-4-6-13(29)7-5-12/h4-7,10-11,14-15,17-18,28-29H,8-9,24H2,1-3H3,(H2,23,30)(H,25,32)(H,26,33)(H,27,31)(H,34,35). The molecular weight excluding hydrogens is 462 g/mol. The van der Waals surface area contributed by atoms with E-state index < -0.39 is 66.3 Å². The molecule has 1 aromatic rings. The summed E-state index contributed by atoms with van der Waals surface area (Å²) in [5.41, 5.74) is 11.4. The van der Waals surface area contributed by atoms with Crippen LogP contribution in [-0.4, -0.2) is 75.2 Å². The minimum absolute atomic E-state index is 0.0199. The molecule has 0 aliphatic carbocycles. The quantitative estimate of drug-likeness (QED) is 0.147. The number of phenolic OH excluding ortho intramolecular Hbond substituents is 1. The highest BCUT2D eigenvalue weighted by atomic mass is 16.4. The van der Waals surface area contributed by atoms with E-state index >= 15 is 0 Å². The van der Waals surface area contributed by atoms with Crippen LogP contribution in [0, 0.1) is 5.92 Å². The van der Waals surface area contributed by atoms with Crippen molar-refractivity contribution >= 4 is 29.6 Å². The van der Waals surface area contributed by atoms with Crippen LogP contribution in [-0.2, 0) is 30.4 Å². The molecule has 0 saturated heterocycles. The normalized spacial score (nSPS) is 15.3. The molecule has 0 bridgehead atoms. The van der Waals surface area contributed by atoms with E-state index in [4.69, 9.17) is 11.5 Å². The van der Waals surface area contributed by atoms with Crippen molar-refractivity contribution in [3.05, 3.63) is 29.8 Å². The zero-order valence-corrected chi connectivity index (χ0v) is 19.7. The largest absolute Gasteiger partial charge is 0.508 e. The third-order valence-corrected chi connectivity index (χ3v) is 5.11. The first-order chi connectivity index (χ1) is 16.2. The fraction of sp³-hybridized carbons (Fsp3) is 0.500. The molecule has 35 heavy (non-hydrogen) atoms. The number of aliphatic carboxylic acids is 1. The number of amides is 4. The molecule has 0 radical (unpaired) electrons. The van der Waals surface area contributed by atoms with Gasteiger partial charge < -0.3 is 42.7 Å². The smallest absolute Gasteiger partial charge is 0.326 e. The molecule has 5 unspecified atom stereocenters. The third kappa shape index (κ3) is 9.59. The number of primary amides is 1. The minimum Gasteiger partial charge on any atom is -0.508 e. The molecule has 0 aliphatic rings. The molecule has 0 heterocycles. The van der Waals surface area contributed by atoms with Crippen molar-refractivity contribution in [2.24, 2.45) is 17.4 Å².